The summed E-state index contributed by atoms with van der Waals surface area (Å²) in [5.41, 5.74) is 6.18. The summed E-state index contributed by atoms with van der Waals surface area (Å²) in [6.45, 7) is 2.62. The number of imidazole rings is 1. The Morgan fingerprint density at radius 2 is 2.25 bits per heavy atom. The van der Waals surface area contributed by atoms with Gasteiger partial charge in [0.2, 0.25) is 11.8 Å². The molecule has 5 rings (SSSR count). The van der Waals surface area contributed by atoms with Crippen molar-refractivity contribution in [1.82, 2.24) is 24.8 Å². The van der Waals surface area contributed by atoms with E-state index >= 15 is 0 Å². The van der Waals surface area contributed by atoms with Gasteiger partial charge in [-0.15, -0.1) is 11.3 Å². The first-order chi connectivity index (χ1) is 13.6. The number of hydrogen-bond acceptors (Lipinski definition) is 6. The summed E-state index contributed by atoms with van der Waals surface area (Å²) in [7, 11) is 1.93. The maximum Gasteiger partial charge on any atom is 0.241 e. The van der Waals surface area contributed by atoms with Crippen molar-refractivity contribution in [1.29, 1.82) is 0 Å². The van der Waals surface area contributed by atoms with E-state index in [1.165, 1.54) is 0 Å². The monoisotopic (exact) mass is 393 g/mol. The number of carbonyl (C=O) groups is 1. The molecule has 1 N–H and O–H groups in total. The third-order valence-corrected chi connectivity index (χ3v) is 6.06. The molecule has 0 bridgehead atoms. The molecule has 3 aromatic heterocycles. The second-order valence-electron chi connectivity index (χ2n) is 7.13. The molecule has 1 aliphatic rings. The molecule has 142 valence electrons. The van der Waals surface area contributed by atoms with Crippen LogP contribution < -0.4 is 10.1 Å². The molecule has 1 aromatic carbocycles. The number of aryl methyl sites for hydroxylation is 1. The Bertz CT molecular complexity index is 1200. The summed E-state index contributed by atoms with van der Waals surface area (Å²) in [5, 5.41) is 2.87. The Hall–Kier alpha value is -3.00. The number of nitrogens with one attached hydrogen (secondary N) is 1. The van der Waals surface area contributed by atoms with Gasteiger partial charge >= 0.3 is 0 Å². The van der Waals surface area contributed by atoms with Crippen molar-refractivity contribution in [2.75, 3.05) is 6.54 Å². The fourth-order valence-corrected chi connectivity index (χ4v) is 4.39. The number of para-hydroxylation sites is 1. The average Bonchev–Trinajstić information content (AvgIpc) is 3.41. The number of ether oxygens (including phenoxy) is 1. The van der Waals surface area contributed by atoms with Crippen molar-refractivity contribution < 1.29 is 9.53 Å². The van der Waals surface area contributed by atoms with E-state index in [9.17, 15) is 4.79 Å². The molecular formula is C20H19N5O2S. The van der Waals surface area contributed by atoms with Gasteiger partial charge in [-0.1, -0.05) is 12.1 Å². The summed E-state index contributed by atoms with van der Waals surface area (Å²) in [6, 6.07) is 8.06. The van der Waals surface area contributed by atoms with E-state index < -0.39 is 0 Å². The molecule has 0 saturated carbocycles. The highest BCUT2D eigenvalue weighted by Gasteiger charge is 2.29. The van der Waals surface area contributed by atoms with Crippen LogP contribution in [-0.4, -0.2) is 38.1 Å². The standard InChI is InChI=1S/C20H19N5O2S/c1-11(12-6-17(26)21-8-12)27-20-19-15(22-9-25(19)2)7-14(24-20)13-4-3-5-16-18(13)23-10-28-16/h3-5,7,9-12H,6,8H2,1-2H3,(H,21,26)/t11?,12-/m1/s1. The second-order valence-corrected chi connectivity index (χ2v) is 8.02. The predicted molar refractivity (Wildman–Crippen MR) is 108 cm³/mol. The van der Waals surface area contributed by atoms with Crippen molar-refractivity contribution in [2.24, 2.45) is 13.0 Å². The number of hydrogen-bond donors (Lipinski definition) is 1. The highest BCUT2D eigenvalue weighted by atomic mass is 32.1. The lowest BCUT2D eigenvalue weighted by molar-refractivity contribution is -0.119. The fourth-order valence-electron chi connectivity index (χ4n) is 3.68. The number of pyridine rings is 1. The van der Waals surface area contributed by atoms with E-state index in [1.807, 2.05) is 42.2 Å². The minimum Gasteiger partial charge on any atom is -0.473 e. The van der Waals surface area contributed by atoms with E-state index in [0.29, 0.717) is 18.8 Å². The van der Waals surface area contributed by atoms with Gasteiger partial charge in [0, 0.05) is 31.5 Å². The third-order valence-electron chi connectivity index (χ3n) is 5.27. The topological polar surface area (TPSA) is 81.9 Å². The van der Waals surface area contributed by atoms with Crippen LogP contribution in [0.15, 0.2) is 36.1 Å². The molecule has 4 aromatic rings. The van der Waals surface area contributed by atoms with Crippen molar-refractivity contribution in [3.8, 4) is 17.1 Å². The molecule has 8 heteroatoms. The molecule has 0 radical (unpaired) electrons. The van der Waals surface area contributed by atoms with Crippen LogP contribution >= 0.6 is 11.3 Å². The summed E-state index contributed by atoms with van der Waals surface area (Å²) < 4.78 is 9.30. The zero-order valence-electron chi connectivity index (χ0n) is 15.5. The maximum absolute atomic E-state index is 11.6. The number of amides is 1. The van der Waals surface area contributed by atoms with Crippen LogP contribution in [0.2, 0.25) is 0 Å². The normalized spacial score (nSPS) is 17.9. The summed E-state index contributed by atoms with van der Waals surface area (Å²) >= 11 is 1.61. The molecule has 2 atom stereocenters. The number of aromatic nitrogens is 4. The third kappa shape index (κ3) is 2.80. The van der Waals surface area contributed by atoms with Gasteiger partial charge in [0.1, 0.15) is 11.6 Å². The zero-order valence-corrected chi connectivity index (χ0v) is 16.4. The lowest BCUT2D eigenvalue weighted by Gasteiger charge is -2.20. The largest absolute Gasteiger partial charge is 0.473 e. The Kier molecular flexibility index (Phi) is 4.01. The quantitative estimate of drug-likeness (QED) is 0.576. The molecule has 28 heavy (non-hydrogen) atoms. The Balaban J connectivity index is 1.61. The molecule has 1 saturated heterocycles. The average molecular weight is 393 g/mol. The number of nitrogens with zero attached hydrogens (tertiary/aromatic N) is 4. The SMILES string of the molecule is CC(Oc1nc(-c2cccc3scnc23)cc2ncn(C)c12)[C@H]1CNC(=O)C1. The predicted octanol–water partition coefficient (Wildman–Crippen LogP) is 3.15. The van der Waals surface area contributed by atoms with Gasteiger partial charge in [-0.3, -0.25) is 4.79 Å². The molecule has 1 unspecified atom stereocenters. The zero-order chi connectivity index (χ0) is 19.3. The lowest BCUT2D eigenvalue weighted by Crippen LogP contribution is -2.26. The van der Waals surface area contributed by atoms with Gasteiger partial charge < -0.3 is 14.6 Å². The van der Waals surface area contributed by atoms with E-state index in [0.717, 1.165) is 32.5 Å². The van der Waals surface area contributed by atoms with Crippen LogP contribution in [0, 0.1) is 5.92 Å². The number of fused-ring (bicyclic) bond motifs is 2. The number of rotatable bonds is 4. The van der Waals surface area contributed by atoms with Crippen molar-refractivity contribution in [3.05, 3.63) is 36.1 Å². The van der Waals surface area contributed by atoms with Gasteiger partial charge in [0.25, 0.3) is 0 Å². The van der Waals surface area contributed by atoms with Crippen LogP contribution in [0.1, 0.15) is 13.3 Å². The van der Waals surface area contributed by atoms with Crippen molar-refractivity contribution in [2.45, 2.75) is 19.4 Å². The number of carbonyl (C=O) groups excluding carboxylic acids is 1. The highest BCUT2D eigenvalue weighted by molar-refractivity contribution is 7.16. The first-order valence-corrected chi connectivity index (χ1v) is 10.1. The van der Waals surface area contributed by atoms with Crippen molar-refractivity contribution in [3.63, 3.8) is 0 Å². The van der Waals surface area contributed by atoms with E-state index in [-0.39, 0.29) is 17.9 Å². The maximum atomic E-state index is 11.6. The number of benzene rings is 1. The first-order valence-electron chi connectivity index (χ1n) is 9.18. The van der Waals surface area contributed by atoms with Crippen LogP contribution in [0.25, 0.3) is 32.5 Å². The molecule has 1 fully saturated rings. The fraction of sp³-hybridized carbons (Fsp3) is 0.300. The van der Waals surface area contributed by atoms with Gasteiger partial charge in [0.15, 0.2) is 0 Å². The Morgan fingerprint density at radius 1 is 1.36 bits per heavy atom. The van der Waals surface area contributed by atoms with Gasteiger partial charge in [-0.25, -0.2) is 15.0 Å². The second kappa shape index (κ2) is 6.56. The van der Waals surface area contributed by atoms with Crippen LogP contribution in [-0.2, 0) is 11.8 Å². The van der Waals surface area contributed by atoms with Crippen LogP contribution in [0.3, 0.4) is 0 Å². The van der Waals surface area contributed by atoms with Gasteiger partial charge in [-0.2, -0.15) is 0 Å². The molecule has 1 aliphatic heterocycles. The molecule has 1 amide bonds. The Labute approximate surface area is 165 Å². The molecular weight excluding hydrogens is 374 g/mol. The Morgan fingerprint density at radius 3 is 3.07 bits per heavy atom. The molecule has 4 heterocycles. The van der Waals surface area contributed by atoms with E-state index in [4.69, 9.17) is 9.72 Å². The summed E-state index contributed by atoms with van der Waals surface area (Å²) in [4.78, 5) is 25.4. The van der Waals surface area contributed by atoms with Crippen LogP contribution in [0.4, 0.5) is 0 Å². The summed E-state index contributed by atoms with van der Waals surface area (Å²) in [6.07, 6.45) is 2.10. The van der Waals surface area contributed by atoms with Gasteiger partial charge in [-0.05, 0) is 19.1 Å². The highest BCUT2D eigenvalue weighted by Crippen LogP contribution is 2.34. The molecule has 7 nitrogen and oxygen atoms in total. The smallest absolute Gasteiger partial charge is 0.241 e. The van der Waals surface area contributed by atoms with Crippen molar-refractivity contribution >= 4 is 38.5 Å². The molecule has 0 spiro atoms. The van der Waals surface area contributed by atoms with Crippen LogP contribution in [0.5, 0.6) is 5.88 Å². The molecule has 0 aliphatic carbocycles. The minimum atomic E-state index is -0.144. The van der Waals surface area contributed by atoms with E-state index in [2.05, 4.69) is 21.4 Å². The lowest BCUT2D eigenvalue weighted by atomic mass is 10.0. The minimum absolute atomic E-state index is 0.0723. The van der Waals surface area contributed by atoms with Gasteiger partial charge in [0.05, 0.1) is 33.3 Å². The first kappa shape index (κ1) is 17.1. The summed E-state index contributed by atoms with van der Waals surface area (Å²) in [5.74, 6) is 0.734. The van der Waals surface area contributed by atoms with E-state index in [1.54, 1.807) is 17.7 Å². The number of thiazole rings is 1.